The highest BCUT2D eigenvalue weighted by atomic mass is 31.2. The lowest BCUT2D eigenvalue weighted by atomic mass is 10.0. The van der Waals surface area contributed by atoms with Gasteiger partial charge in [-0.3, -0.25) is 23.8 Å². The Balaban J connectivity index is 1.81. The van der Waals surface area contributed by atoms with Crippen molar-refractivity contribution in [3.05, 3.63) is 29.3 Å². The van der Waals surface area contributed by atoms with Crippen molar-refractivity contribution in [2.24, 2.45) is 0 Å². The van der Waals surface area contributed by atoms with Crippen LogP contribution in [0.15, 0.2) is 18.2 Å². The highest BCUT2D eigenvalue weighted by molar-refractivity contribution is 7.46. The molecule has 3 rings (SSSR count). The minimum Gasteiger partial charge on any atom is -0.398 e. The summed E-state index contributed by atoms with van der Waals surface area (Å²) in [6.45, 7) is -0.728. The predicted molar refractivity (Wildman–Crippen MR) is 83.6 cm³/mol. The van der Waals surface area contributed by atoms with E-state index in [1.165, 1.54) is 4.90 Å². The van der Waals surface area contributed by atoms with E-state index in [0.717, 1.165) is 0 Å². The van der Waals surface area contributed by atoms with Gasteiger partial charge in [-0.05, 0) is 18.6 Å². The van der Waals surface area contributed by atoms with E-state index in [1.807, 2.05) is 0 Å². The third-order valence-electron chi connectivity index (χ3n) is 4.25. The topological polar surface area (TPSA) is 150 Å². The Morgan fingerprint density at radius 3 is 2.64 bits per heavy atom. The number of carbonyl (C=O) groups excluding carboxylic acids is 3. The molecule has 2 heterocycles. The quantitative estimate of drug-likeness (QED) is 0.375. The van der Waals surface area contributed by atoms with Crippen LogP contribution in [0.4, 0.5) is 5.69 Å². The summed E-state index contributed by atoms with van der Waals surface area (Å²) in [4.78, 5) is 56.4. The Kier molecular flexibility index (Phi) is 4.38. The molecule has 10 nitrogen and oxygen atoms in total. The van der Waals surface area contributed by atoms with E-state index in [1.54, 1.807) is 18.2 Å². The molecule has 1 aromatic carbocycles. The van der Waals surface area contributed by atoms with Gasteiger partial charge in [0.1, 0.15) is 12.8 Å². The van der Waals surface area contributed by atoms with Crippen LogP contribution in [-0.2, 0) is 25.2 Å². The number of piperidine rings is 1. The van der Waals surface area contributed by atoms with E-state index in [-0.39, 0.29) is 25.3 Å². The zero-order valence-electron chi connectivity index (χ0n) is 13.0. The number of benzene rings is 1. The Bertz CT molecular complexity index is 806. The summed E-state index contributed by atoms with van der Waals surface area (Å²) >= 11 is 0. The number of nitrogen functional groups attached to an aromatic ring is 1. The standard InChI is InChI=1S/C14H16N3O7P/c15-10-3-1-2-8-9(10)6-16(13(8)19)11-4-5-12(18)17(14(11)20)7-24-25(21,22)23/h1-3,11H,4-7,15H2,(H2,21,22,23). The van der Waals surface area contributed by atoms with Crippen LogP contribution in [0.25, 0.3) is 0 Å². The fourth-order valence-corrected chi connectivity index (χ4v) is 3.28. The zero-order valence-corrected chi connectivity index (χ0v) is 13.9. The molecule has 0 aliphatic carbocycles. The number of phosphoric ester groups is 1. The fourth-order valence-electron chi connectivity index (χ4n) is 3.01. The van der Waals surface area contributed by atoms with Crippen LogP contribution in [-0.4, -0.2) is 50.1 Å². The average molecular weight is 369 g/mol. The number of likely N-dealkylation sites (tertiary alicyclic amines) is 1. The monoisotopic (exact) mass is 369 g/mol. The maximum Gasteiger partial charge on any atom is 0.471 e. The molecule has 0 aromatic heterocycles. The lowest BCUT2D eigenvalue weighted by molar-refractivity contribution is -0.156. The molecule has 11 heteroatoms. The predicted octanol–water partition coefficient (Wildman–Crippen LogP) is -0.191. The maximum absolute atomic E-state index is 12.6. The number of nitrogens with two attached hydrogens (primary N) is 1. The van der Waals surface area contributed by atoms with Crippen molar-refractivity contribution in [3.63, 3.8) is 0 Å². The maximum atomic E-state index is 12.6. The van der Waals surface area contributed by atoms with Gasteiger partial charge in [0, 0.05) is 29.8 Å². The van der Waals surface area contributed by atoms with Crippen molar-refractivity contribution in [2.75, 3.05) is 12.5 Å². The summed E-state index contributed by atoms with van der Waals surface area (Å²) < 4.78 is 15.1. The first-order valence-corrected chi connectivity index (χ1v) is 8.94. The molecule has 1 unspecified atom stereocenters. The summed E-state index contributed by atoms with van der Waals surface area (Å²) in [5.74, 6) is -1.71. The van der Waals surface area contributed by atoms with Crippen molar-refractivity contribution >= 4 is 31.2 Å². The van der Waals surface area contributed by atoms with Crippen molar-refractivity contribution in [3.8, 4) is 0 Å². The molecule has 1 atom stereocenters. The van der Waals surface area contributed by atoms with Gasteiger partial charge in [0.05, 0.1) is 0 Å². The van der Waals surface area contributed by atoms with E-state index >= 15 is 0 Å². The number of anilines is 1. The summed E-state index contributed by atoms with van der Waals surface area (Å²) in [6, 6.07) is 3.99. The number of imide groups is 1. The molecule has 0 spiro atoms. The number of carbonyl (C=O) groups is 3. The fraction of sp³-hybridized carbons (Fsp3) is 0.357. The van der Waals surface area contributed by atoms with Gasteiger partial charge in [-0.2, -0.15) is 0 Å². The summed E-state index contributed by atoms with van der Waals surface area (Å²) in [5.41, 5.74) is 7.34. The van der Waals surface area contributed by atoms with E-state index in [0.29, 0.717) is 21.7 Å². The lowest BCUT2D eigenvalue weighted by Gasteiger charge is -2.35. The minimum absolute atomic E-state index is 0.0451. The van der Waals surface area contributed by atoms with Gasteiger partial charge in [0.15, 0.2) is 0 Å². The van der Waals surface area contributed by atoms with Gasteiger partial charge in [-0.15, -0.1) is 0 Å². The number of fused-ring (bicyclic) bond motifs is 1. The minimum atomic E-state index is -4.84. The molecule has 4 N–H and O–H groups in total. The van der Waals surface area contributed by atoms with E-state index < -0.39 is 32.4 Å². The number of amides is 3. The number of nitrogens with zero attached hydrogens (tertiary/aromatic N) is 2. The Morgan fingerprint density at radius 2 is 2.00 bits per heavy atom. The first-order valence-electron chi connectivity index (χ1n) is 7.41. The average Bonchev–Trinajstić information content (AvgIpc) is 2.85. The Labute approximate surface area is 142 Å². The van der Waals surface area contributed by atoms with Gasteiger partial charge in [-0.25, -0.2) is 4.57 Å². The van der Waals surface area contributed by atoms with Crippen LogP contribution in [0, 0.1) is 0 Å². The van der Waals surface area contributed by atoms with E-state index in [4.69, 9.17) is 15.5 Å². The van der Waals surface area contributed by atoms with Crippen LogP contribution in [0.2, 0.25) is 0 Å². The number of hydrogen-bond donors (Lipinski definition) is 3. The first kappa shape index (κ1) is 17.6. The van der Waals surface area contributed by atoms with Crippen molar-refractivity contribution in [2.45, 2.75) is 25.4 Å². The van der Waals surface area contributed by atoms with Gasteiger partial charge < -0.3 is 20.4 Å². The summed E-state index contributed by atoms with van der Waals surface area (Å²) in [6.07, 6.45) is 0.0836. The highest BCUT2D eigenvalue weighted by Gasteiger charge is 2.43. The zero-order chi connectivity index (χ0) is 18.4. The van der Waals surface area contributed by atoms with Gasteiger partial charge in [0.2, 0.25) is 5.91 Å². The third-order valence-corrected chi connectivity index (χ3v) is 4.70. The van der Waals surface area contributed by atoms with Crippen molar-refractivity contribution in [1.29, 1.82) is 0 Å². The van der Waals surface area contributed by atoms with Crippen LogP contribution in [0.1, 0.15) is 28.8 Å². The van der Waals surface area contributed by atoms with Crippen LogP contribution in [0.3, 0.4) is 0 Å². The van der Waals surface area contributed by atoms with Crippen LogP contribution >= 0.6 is 7.82 Å². The molecule has 0 radical (unpaired) electrons. The Hall–Kier alpha value is -2.26. The number of hydrogen-bond acceptors (Lipinski definition) is 6. The normalized spacial score (nSPS) is 21.0. The summed E-state index contributed by atoms with van der Waals surface area (Å²) in [7, 11) is -4.84. The van der Waals surface area contributed by atoms with Crippen molar-refractivity contribution in [1.82, 2.24) is 9.80 Å². The molecule has 2 aliphatic rings. The molecule has 3 amide bonds. The SMILES string of the molecule is Nc1cccc2c1CN(C1CCC(=O)N(COP(=O)(O)O)C1=O)C2=O. The highest BCUT2D eigenvalue weighted by Crippen LogP contribution is 2.37. The Morgan fingerprint density at radius 1 is 1.28 bits per heavy atom. The second kappa shape index (κ2) is 6.23. The molecule has 0 saturated carbocycles. The molecule has 1 fully saturated rings. The molecule has 134 valence electrons. The van der Waals surface area contributed by atoms with Crippen LogP contribution < -0.4 is 5.73 Å². The summed E-state index contributed by atoms with van der Waals surface area (Å²) in [5, 5.41) is 0. The van der Waals surface area contributed by atoms with Gasteiger partial charge >= 0.3 is 7.82 Å². The smallest absolute Gasteiger partial charge is 0.398 e. The molecule has 0 bridgehead atoms. The lowest BCUT2D eigenvalue weighted by Crippen LogP contribution is -2.55. The number of phosphoric acid groups is 1. The first-order chi connectivity index (χ1) is 11.7. The molecule has 2 aliphatic heterocycles. The second-order valence-electron chi connectivity index (χ2n) is 5.77. The molecular weight excluding hydrogens is 353 g/mol. The molecule has 1 saturated heterocycles. The van der Waals surface area contributed by atoms with Gasteiger partial charge in [0.25, 0.3) is 11.8 Å². The van der Waals surface area contributed by atoms with Crippen molar-refractivity contribution < 1.29 is 33.3 Å². The van der Waals surface area contributed by atoms with E-state index in [9.17, 15) is 18.9 Å². The molecular formula is C14H16N3O7P. The third kappa shape index (κ3) is 3.29. The molecule has 25 heavy (non-hydrogen) atoms. The van der Waals surface area contributed by atoms with Crippen LogP contribution in [0.5, 0.6) is 0 Å². The number of rotatable bonds is 4. The van der Waals surface area contributed by atoms with Gasteiger partial charge in [-0.1, -0.05) is 6.07 Å². The second-order valence-corrected chi connectivity index (χ2v) is 7.01. The molecule has 1 aromatic rings. The largest absolute Gasteiger partial charge is 0.471 e. The van der Waals surface area contributed by atoms with E-state index in [2.05, 4.69) is 4.52 Å².